The summed E-state index contributed by atoms with van der Waals surface area (Å²) in [5.74, 6) is 3.70. The van der Waals surface area contributed by atoms with Gasteiger partial charge in [0.25, 0.3) is 0 Å². The Morgan fingerprint density at radius 1 is 1.30 bits per heavy atom. The SMILES string of the molecule is Cc1ccc(C(C)CCN2CCc3nncn3CC2)o1. The number of hydrogen-bond acceptors (Lipinski definition) is 4. The standard InChI is InChI=1S/C15H22N4O/c1-12(14-4-3-13(2)20-14)5-7-18-8-6-15-17-16-11-19(15)10-9-18/h3-4,11-12H,5-10H2,1-2H3. The molecule has 1 unspecified atom stereocenters. The first-order valence-electron chi connectivity index (χ1n) is 7.38. The van der Waals surface area contributed by atoms with Gasteiger partial charge < -0.3 is 13.9 Å². The van der Waals surface area contributed by atoms with Crippen LogP contribution in [0, 0.1) is 6.92 Å². The molecule has 0 bridgehead atoms. The summed E-state index contributed by atoms with van der Waals surface area (Å²) in [5, 5.41) is 8.14. The highest BCUT2D eigenvalue weighted by Crippen LogP contribution is 2.21. The second kappa shape index (κ2) is 5.79. The van der Waals surface area contributed by atoms with Crippen LogP contribution in [0.1, 0.15) is 36.6 Å². The van der Waals surface area contributed by atoms with Gasteiger partial charge in [-0.05, 0) is 32.0 Å². The van der Waals surface area contributed by atoms with Crippen LogP contribution in [0.4, 0.5) is 0 Å². The van der Waals surface area contributed by atoms with Crippen molar-refractivity contribution in [2.75, 3.05) is 19.6 Å². The third kappa shape index (κ3) is 2.93. The molecular formula is C15H22N4O. The molecule has 5 heteroatoms. The fourth-order valence-corrected chi connectivity index (χ4v) is 2.74. The van der Waals surface area contributed by atoms with E-state index in [1.54, 1.807) is 0 Å². The van der Waals surface area contributed by atoms with E-state index in [2.05, 4.69) is 32.7 Å². The lowest BCUT2D eigenvalue weighted by atomic mass is 10.0. The number of hydrogen-bond donors (Lipinski definition) is 0. The highest BCUT2D eigenvalue weighted by atomic mass is 16.3. The van der Waals surface area contributed by atoms with Crippen molar-refractivity contribution in [3.63, 3.8) is 0 Å². The van der Waals surface area contributed by atoms with Gasteiger partial charge >= 0.3 is 0 Å². The van der Waals surface area contributed by atoms with Gasteiger partial charge in [-0.1, -0.05) is 6.92 Å². The van der Waals surface area contributed by atoms with Gasteiger partial charge in [-0.15, -0.1) is 10.2 Å². The summed E-state index contributed by atoms with van der Waals surface area (Å²) in [4.78, 5) is 2.51. The number of rotatable bonds is 4. The Kier molecular flexibility index (Phi) is 3.87. The Morgan fingerprint density at radius 3 is 3.00 bits per heavy atom. The smallest absolute Gasteiger partial charge is 0.134 e. The normalized spacial score (nSPS) is 17.7. The van der Waals surface area contributed by atoms with E-state index >= 15 is 0 Å². The maximum absolute atomic E-state index is 5.71. The van der Waals surface area contributed by atoms with Crippen molar-refractivity contribution in [1.29, 1.82) is 0 Å². The van der Waals surface area contributed by atoms with Crippen LogP contribution in [-0.4, -0.2) is 39.3 Å². The van der Waals surface area contributed by atoms with Crippen LogP contribution in [-0.2, 0) is 13.0 Å². The molecule has 3 heterocycles. The summed E-state index contributed by atoms with van der Waals surface area (Å²) in [6.45, 7) is 8.50. The molecule has 0 N–H and O–H groups in total. The quantitative estimate of drug-likeness (QED) is 0.858. The molecule has 2 aromatic heterocycles. The highest BCUT2D eigenvalue weighted by Gasteiger charge is 2.16. The molecule has 0 radical (unpaired) electrons. The minimum Gasteiger partial charge on any atom is -0.466 e. The topological polar surface area (TPSA) is 47.1 Å². The third-order valence-corrected chi connectivity index (χ3v) is 4.13. The van der Waals surface area contributed by atoms with E-state index in [0.717, 1.165) is 56.4 Å². The first-order chi connectivity index (χ1) is 9.72. The second-order valence-electron chi connectivity index (χ2n) is 5.67. The Hall–Kier alpha value is -1.62. The molecular weight excluding hydrogens is 252 g/mol. The third-order valence-electron chi connectivity index (χ3n) is 4.13. The molecule has 0 saturated carbocycles. The van der Waals surface area contributed by atoms with Crippen molar-refractivity contribution in [3.05, 3.63) is 35.8 Å². The van der Waals surface area contributed by atoms with E-state index < -0.39 is 0 Å². The molecule has 5 nitrogen and oxygen atoms in total. The van der Waals surface area contributed by atoms with Crippen LogP contribution in [0.2, 0.25) is 0 Å². The lowest BCUT2D eigenvalue weighted by molar-refractivity contribution is 0.264. The van der Waals surface area contributed by atoms with E-state index in [-0.39, 0.29) is 0 Å². The van der Waals surface area contributed by atoms with Crippen molar-refractivity contribution in [3.8, 4) is 0 Å². The Labute approximate surface area is 119 Å². The molecule has 0 spiro atoms. The minimum atomic E-state index is 0.477. The minimum absolute atomic E-state index is 0.477. The van der Waals surface area contributed by atoms with Gasteiger partial charge in [0.15, 0.2) is 0 Å². The van der Waals surface area contributed by atoms with Crippen LogP contribution < -0.4 is 0 Å². The van der Waals surface area contributed by atoms with Crippen LogP contribution >= 0.6 is 0 Å². The van der Waals surface area contributed by atoms with Crippen molar-refractivity contribution in [1.82, 2.24) is 19.7 Å². The van der Waals surface area contributed by atoms with Gasteiger partial charge in [-0.2, -0.15) is 0 Å². The van der Waals surface area contributed by atoms with Gasteiger partial charge in [0, 0.05) is 32.0 Å². The molecule has 20 heavy (non-hydrogen) atoms. The summed E-state index contributed by atoms with van der Waals surface area (Å²) < 4.78 is 7.87. The first-order valence-corrected chi connectivity index (χ1v) is 7.38. The first kappa shape index (κ1) is 13.4. The summed E-state index contributed by atoms with van der Waals surface area (Å²) in [6, 6.07) is 4.15. The molecule has 3 rings (SSSR count). The largest absolute Gasteiger partial charge is 0.466 e. The van der Waals surface area contributed by atoms with Crippen molar-refractivity contribution >= 4 is 0 Å². The average molecular weight is 274 g/mol. The number of fused-ring (bicyclic) bond motifs is 1. The molecule has 0 aromatic carbocycles. The highest BCUT2D eigenvalue weighted by molar-refractivity contribution is 5.09. The van der Waals surface area contributed by atoms with Gasteiger partial charge in [0.1, 0.15) is 23.7 Å². The predicted octanol–water partition coefficient (Wildman–Crippen LogP) is 2.23. The summed E-state index contributed by atoms with van der Waals surface area (Å²) >= 11 is 0. The molecule has 1 aliphatic rings. The van der Waals surface area contributed by atoms with Crippen molar-refractivity contribution in [2.24, 2.45) is 0 Å². The van der Waals surface area contributed by atoms with Crippen LogP contribution in [0.15, 0.2) is 22.9 Å². The van der Waals surface area contributed by atoms with Gasteiger partial charge in [0.05, 0.1) is 0 Å². The van der Waals surface area contributed by atoms with E-state index in [9.17, 15) is 0 Å². The Balaban J connectivity index is 1.51. The van der Waals surface area contributed by atoms with Gasteiger partial charge in [0.2, 0.25) is 0 Å². The zero-order valence-corrected chi connectivity index (χ0v) is 12.2. The number of furan rings is 1. The lowest BCUT2D eigenvalue weighted by Gasteiger charge is -2.21. The molecule has 0 saturated heterocycles. The van der Waals surface area contributed by atoms with Crippen LogP contribution in [0.3, 0.4) is 0 Å². The average Bonchev–Trinajstić information content (AvgIpc) is 3.03. The molecule has 108 valence electrons. The van der Waals surface area contributed by atoms with Crippen molar-refractivity contribution in [2.45, 2.75) is 39.2 Å². The molecule has 2 aromatic rings. The molecule has 0 aliphatic carbocycles. The van der Waals surface area contributed by atoms with Gasteiger partial charge in [-0.25, -0.2) is 0 Å². The second-order valence-corrected chi connectivity index (χ2v) is 5.67. The Bertz CT molecular complexity index is 537. The maximum atomic E-state index is 5.71. The van der Waals surface area contributed by atoms with Crippen LogP contribution in [0.25, 0.3) is 0 Å². The van der Waals surface area contributed by atoms with Gasteiger partial charge in [-0.3, -0.25) is 0 Å². The van der Waals surface area contributed by atoms with Crippen LogP contribution in [0.5, 0.6) is 0 Å². The zero-order chi connectivity index (χ0) is 13.9. The summed E-state index contributed by atoms with van der Waals surface area (Å²) in [5.41, 5.74) is 0. The number of aromatic nitrogens is 3. The Morgan fingerprint density at radius 2 is 2.20 bits per heavy atom. The fourth-order valence-electron chi connectivity index (χ4n) is 2.74. The zero-order valence-electron chi connectivity index (χ0n) is 12.2. The molecule has 1 atom stereocenters. The van der Waals surface area contributed by atoms with E-state index in [1.165, 1.54) is 0 Å². The molecule has 0 amide bonds. The van der Waals surface area contributed by atoms with E-state index in [0.29, 0.717) is 5.92 Å². The predicted molar refractivity (Wildman–Crippen MR) is 76.6 cm³/mol. The van der Waals surface area contributed by atoms with E-state index in [4.69, 9.17) is 4.42 Å². The molecule has 0 fully saturated rings. The maximum Gasteiger partial charge on any atom is 0.134 e. The van der Waals surface area contributed by atoms with E-state index in [1.807, 2.05) is 19.3 Å². The summed E-state index contributed by atoms with van der Waals surface area (Å²) in [6.07, 6.45) is 3.97. The monoisotopic (exact) mass is 274 g/mol. The number of nitrogens with zero attached hydrogens (tertiary/aromatic N) is 4. The van der Waals surface area contributed by atoms with Crippen molar-refractivity contribution < 1.29 is 4.42 Å². The number of aryl methyl sites for hydroxylation is 1. The fraction of sp³-hybridized carbons (Fsp3) is 0.600. The lowest BCUT2D eigenvalue weighted by Crippen LogP contribution is -2.28. The molecule has 1 aliphatic heterocycles. The summed E-state index contributed by atoms with van der Waals surface area (Å²) in [7, 11) is 0.